The van der Waals surface area contributed by atoms with Gasteiger partial charge in [-0.05, 0) is 54.9 Å². The van der Waals surface area contributed by atoms with Crippen molar-refractivity contribution in [2.45, 2.75) is 44.9 Å². The third-order valence-corrected chi connectivity index (χ3v) is 7.51. The summed E-state index contributed by atoms with van der Waals surface area (Å²) in [6.07, 6.45) is 6.80. The second kappa shape index (κ2) is 6.73. The molecule has 0 spiro atoms. The number of aryl methyl sites for hydroxylation is 1. The van der Waals surface area contributed by atoms with Crippen molar-refractivity contribution < 1.29 is 13.2 Å². The molecule has 1 saturated carbocycles. The van der Waals surface area contributed by atoms with Crippen molar-refractivity contribution in [2.24, 2.45) is 5.41 Å². The summed E-state index contributed by atoms with van der Waals surface area (Å²) in [5.74, 6) is -0.0321. The highest BCUT2D eigenvalue weighted by atomic mass is 19.1. The molecular weight excluding hydrogens is 424 g/mol. The Labute approximate surface area is 189 Å². The lowest BCUT2D eigenvalue weighted by Crippen LogP contribution is -2.38. The lowest BCUT2D eigenvalue weighted by atomic mass is 9.66. The molecule has 1 aromatic carbocycles. The maximum absolute atomic E-state index is 14.4. The van der Waals surface area contributed by atoms with Gasteiger partial charge in [0.2, 0.25) is 5.89 Å². The van der Waals surface area contributed by atoms with Crippen molar-refractivity contribution >= 4 is 0 Å². The minimum absolute atomic E-state index is 0.150. The monoisotopic (exact) mass is 445 g/mol. The van der Waals surface area contributed by atoms with Gasteiger partial charge < -0.3 is 4.42 Å². The van der Waals surface area contributed by atoms with Gasteiger partial charge in [-0.3, -0.25) is 4.98 Å². The summed E-state index contributed by atoms with van der Waals surface area (Å²) >= 11 is 0. The van der Waals surface area contributed by atoms with Gasteiger partial charge in [0.15, 0.2) is 0 Å². The largest absolute Gasteiger partial charge is 0.440 e. The van der Waals surface area contributed by atoms with Gasteiger partial charge >= 0.3 is 0 Å². The van der Waals surface area contributed by atoms with Gasteiger partial charge in [-0.25, -0.2) is 18.7 Å². The summed E-state index contributed by atoms with van der Waals surface area (Å²) in [6.45, 7) is 6.22. The zero-order valence-electron chi connectivity index (χ0n) is 18.4. The Hall–Kier alpha value is -3.55. The average molecular weight is 445 g/mol. The Morgan fingerprint density at radius 1 is 1.03 bits per heavy atom. The van der Waals surface area contributed by atoms with Crippen LogP contribution in [0.1, 0.15) is 55.3 Å². The van der Waals surface area contributed by atoms with Gasteiger partial charge in [0.25, 0.3) is 0 Å². The van der Waals surface area contributed by atoms with Crippen LogP contribution in [-0.2, 0) is 5.41 Å². The van der Waals surface area contributed by atoms with E-state index in [1.165, 1.54) is 18.2 Å². The van der Waals surface area contributed by atoms with Gasteiger partial charge in [0.05, 0.1) is 40.5 Å². The zero-order chi connectivity index (χ0) is 23.0. The predicted molar refractivity (Wildman–Crippen MR) is 116 cm³/mol. The van der Waals surface area contributed by atoms with Crippen molar-refractivity contribution in [3.05, 3.63) is 77.2 Å². The molecule has 6 nitrogen and oxygen atoms in total. The Morgan fingerprint density at radius 3 is 2.55 bits per heavy atom. The van der Waals surface area contributed by atoms with Crippen molar-refractivity contribution in [3.63, 3.8) is 0 Å². The van der Waals surface area contributed by atoms with Gasteiger partial charge in [0, 0.05) is 6.20 Å². The van der Waals surface area contributed by atoms with E-state index in [-0.39, 0.29) is 22.6 Å². The predicted octanol–water partition coefficient (Wildman–Crippen LogP) is 5.38. The molecule has 0 aliphatic heterocycles. The molecule has 0 radical (unpaired) electrons. The van der Waals surface area contributed by atoms with E-state index in [1.807, 2.05) is 6.92 Å². The molecular formula is C25H21F2N5O. The molecule has 0 saturated heterocycles. The molecule has 2 atom stereocenters. The van der Waals surface area contributed by atoms with Crippen molar-refractivity contribution in [1.29, 1.82) is 0 Å². The highest BCUT2D eigenvalue weighted by molar-refractivity contribution is 5.64. The van der Waals surface area contributed by atoms with E-state index in [2.05, 4.69) is 34.0 Å². The van der Waals surface area contributed by atoms with Crippen LogP contribution >= 0.6 is 0 Å². The first-order chi connectivity index (χ1) is 15.8. The van der Waals surface area contributed by atoms with Crippen molar-refractivity contribution in [1.82, 2.24) is 25.1 Å². The SMILES string of the molecule is Cc1cnc(-c2cncc([C@@]34CC[C@@H](c5cc(-c6c(F)cccc6F)nnc53)C4(C)C)n2)o1. The first-order valence-corrected chi connectivity index (χ1v) is 10.9. The van der Waals surface area contributed by atoms with E-state index < -0.39 is 17.0 Å². The number of nitrogens with zero attached hydrogens (tertiary/aromatic N) is 5. The Bertz CT molecular complexity index is 1400. The number of aromatic nitrogens is 5. The molecule has 3 aromatic heterocycles. The smallest absolute Gasteiger partial charge is 0.246 e. The van der Waals surface area contributed by atoms with E-state index in [0.717, 1.165) is 29.8 Å². The third kappa shape index (κ3) is 2.60. The van der Waals surface area contributed by atoms with Crippen molar-refractivity contribution in [2.75, 3.05) is 0 Å². The van der Waals surface area contributed by atoms with Crippen LogP contribution in [0.15, 0.2) is 47.3 Å². The number of hydrogen-bond acceptors (Lipinski definition) is 6. The maximum Gasteiger partial charge on any atom is 0.246 e. The molecule has 0 N–H and O–H groups in total. The summed E-state index contributed by atoms with van der Waals surface area (Å²) < 4.78 is 34.5. The van der Waals surface area contributed by atoms with E-state index >= 15 is 0 Å². The average Bonchev–Trinajstić information content (AvgIpc) is 3.40. The molecule has 0 unspecified atom stereocenters. The fourth-order valence-corrected chi connectivity index (χ4v) is 5.90. The first-order valence-electron chi connectivity index (χ1n) is 10.9. The lowest BCUT2D eigenvalue weighted by Gasteiger charge is -2.37. The molecule has 33 heavy (non-hydrogen) atoms. The number of halogens is 2. The topological polar surface area (TPSA) is 77.6 Å². The Morgan fingerprint density at radius 2 is 1.82 bits per heavy atom. The molecule has 3 heterocycles. The Kier molecular flexibility index (Phi) is 4.09. The molecule has 6 rings (SSSR count). The summed E-state index contributed by atoms with van der Waals surface area (Å²) in [4.78, 5) is 13.6. The molecule has 2 aliphatic carbocycles. The van der Waals surface area contributed by atoms with Crippen LogP contribution in [0.3, 0.4) is 0 Å². The Balaban J connectivity index is 1.53. The standard InChI is InChI=1S/C25H21F2N5O/c1-13-10-29-23(33-13)19-11-28-12-20(30-19)25-8-7-15(24(25,2)3)14-9-18(31-32-22(14)25)21-16(26)5-4-6-17(21)27/h4-6,9-12,15H,7-8H2,1-3H3/t15-,25-/m0/s1. The lowest BCUT2D eigenvalue weighted by molar-refractivity contribution is 0.242. The molecule has 2 bridgehead atoms. The maximum atomic E-state index is 14.4. The third-order valence-electron chi connectivity index (χ3n) is 7.51. The van der Waals surface area contributed by atoms with Crippen molar-refractivity contribution in [3.8, 4) is 22.8 Å². The fourth-order valence-electron chi connectivity index (χ4n) is 5.90. The van der Waals surface area contributed by atoms with Gasteiger partial charge in [0.1, 0.15) is 23.1 Å². The number of fused-ring (bicyclic) bond motifs is 5. The first kappa shape index (κ1) is 20.1. The van der Waals surface area contributed by atoms with Crippen LogP contribution in [0.4, 0.5) is 8.78 Å². The van der Waals surface area contributed by atoms with Gasteiger partial charge in [-0.2, -0.15) is 5.10 Å². The minimum Gasteiger partial charge on any atom is -0.440 e. The fraction of sp³-hybridized carbons (Fsp3) is 0.320. The molecule has 1 fully saturated rings. The van der Waals surface area contributed by atoms with Crippen LogP contribution in [0, 0.1) is 24.0 Å². The number of oxazole rings is 1. The van der Waals surface area contributed by atoms with E-state index in [4.69, 9.17) is 9.40 Å². The number of benzene rings is 1. The van der Waals surface area contributed by atoms with Crippen LogP contribution in [0.2, 0.25) is 0 Å². The van der Waals surface area contributed by atoms with Crippen LogP contribution < -0.4 is 0 Å². The van der Waals surface area contributed by atoms with E-state index in [1.54, 1.807) is 24.7 Å². The summed E-state index contributed by atoms with van der Waals surface area (Å²) in [6, 6.07) is 5.61. The summed E-state index contributed by atoms with van der Waals surface area (Å²) in [5, 5.41) is 8.83. The summed E-state index contributed by atoms with van der Waals surface area (Å²) in [7, 11) is 0. The summed E-state index contributed by atoms with van der Waals surface area (Å²) in [5.41, 5.74) is 2.41. The number of rotatable bonds is 3. The van der Waals surface area contributed by atoms with Crippen LogP contribution in [0.5, 0.6) is 0 Å². The molecule has 2 aliphatic rings. The van der Waals surface area contributed by atoms with E-state index in [0.29, 0.717) is 17.3 Å². The molecule has 8 heteroatoms. The quantitative estimate of drug-likeness (QED) is 0.421. The number of hydrogen-bond donors (Lipinski definition) is 0. The van der Waals surface area contributed by atoms with Gasteiger partial charge in [-0.15, -0.1) is 5.10 Å². The molecule has 0 amide bonds. The highest BCUT2D eigenvalue weighted by Crippen LogP contribution is 2.69. The molecule has 4 aromatic rings. The second-order valence-electron chi connectivity index (χ2n) is 9.41. The molecule has 166 valence electrons. The van der Waals surface area contributed by atoms with Crippen LogP contribution in [0.25, 0.3) is 22.8 Å². The zero-order valence-corrected chi connectivity index (χ0v) is 18.4. The van der Waals surface area contributed by atoms with E-state index in [9.17, 15) is 8.78 Å². The van der Waals surface area contributed by atoms with Crippen LogP contribution in [-0.4, -0.2) is 25.1 Å². The second-order valence-corrected chi connectivity index (χ2v) is 9.41. The van der Waals surface area contributed by atoms with Gasteiger partial charge in [-0.1, -0.05) is 19.9 Å². The highest BCUT2D eigenvalue weighted by Gasteiger charge is 2.65. The normalized spacial score (nSPS) is 22.5. The minimum atomic E-state index is -0.652.